The molecule has 1 aliphatic carbocycles. The summed E-state index contributed by atoms with van der Waals surface area (Å²) in [7, 11) is 1.77. The summed E-state index contributed by atoms with van der Waals surface area (Å²) in [6.45, 7) is 9.99. The highest BCUT2D eigenvalue weighted by atomic mass is 16.5. The summed E-state index contributed by atoms with van der Waals surface area (Å²) in [6, 6.07) is 0. The number of hydrogen-bond acceptors (Lipinski definition) is 1. The molecule has 0 N–H and O–H groups in total. The summed E-state index contributed by atoms with van der Waals surface area (Å²) in [5, 5.41) is 0. The Bertz CT molecular complexity index is 284. The quantitative estimate of drug-likeness (QED) is 0.628. The van der Waals surface area contributed by atoms with Crippen LogP contribution in [0.15, 0.2) is 23.3 Å². The largest absolute Gasteiger partial charge is 0.380 e. The van der Waals surface area contributed by atoms with Crippen molar-refractivity contribution in [3.63, 3.8) is 0 Å². The van der Waals surface area contributed by atoms with Crippen molar-refractivity contribution in [2.45, 2.75) is 47.0 Å². The first-order chi connectivity index (χ1) is 7.52. The van der Waals surface area contributed by atoms with Gasteiger partial charge in [-0.2, -0.15) is 0 Å². The van der Waals surface area contributed by atoms with E-state index in [0.717, 1.165) is 18.9 Å². The monoisotopic (exact) mass is 222 g/mol. The Labute approximate surface area is 101 Å². The highest BCUT2D eigenvalue weighted by Gasteiger charge is 2.33. The lowest BCUT2D eigenvalue weighted by molar-refractivity contribution is 0.222. The molecule has 0 aromatic heterocycles. The van der Waals surface area contributed by atoms with E-state index in [1.165, 1.54) is 18.4 Å². The Morgan fingerprint density at radius 1 is 1.56 bits per heavy atom. The van der Waals surface area contributed by atoms with Crippen LogP contribution in [0.25, 0.3) is 0 Å². The van der Waals surface area contributed by atoms with Crippen LogP contribution in [-0.4, -0.2) is 13.7 Å². The predicted octanol–water partition coefficient (Wildman–Crippen LogP) is 4.35. The van der Waals surface area contributed by atoms with E-state index in [0.29, 0.717) is 5.41 Å². The van der Waals surface area contributed by atoms with E-state index in [4.69, 9.17) is 4.74 Å². The lowest BCUT2D eigenvalue weighted by atomic mass is 9.76. The molecular formula is C15H26O. The maximum Gasteiger partial charge on any atom is 0.0672 e. The van der Waals surface area contributed by atoms with Gasteiger partial charge in [0.2, 0.25) is 0 Å². The molecule has 0 aliphatic heterocycles. The zero-order valence-corrected chi connectivity index (χ0v) is 11.5. The smallest absolute Gasteiger partial charge is 0.0672 e. The second-order valence-electron chi connectivity index (χ2n) is 5.43. The summed E-state index contributed by atoms with van der Waals surface area (Å²) in [4.78, 5) is 0. The van der Waals surface area contributed by atoms with Gasteiger partial charge in [-0.25, -0.2) is 0 Å². The van der Waals surface area contributed by atoms with Crippen molar-refractivity contribution in [3.05, 3.63) is 23.3 Å². The van der Waals surface area contributed by atoms with Gasteiger partial charge in [-0.15, -0.1) is 0 Å². The fourth-order valence-corrected chi connectivity index (χ4v) is 2.39. The number of rotatable bonds is 5. The molecule has 0 saturated heterocycles. The molecule has 0 radical (unpaired) electrons. The number of methoxy groups -OCH3 is 1. The number of allylic oxidation sites excluding steroid dienone is 3. The van der Waals surface area contributed by atoms with Crippen LogP contribution in [0.1, 0.15) is 47.0 Å². The lowest BCUT2D eigenvalue weighted by Crippen LogP contribution is -2.19. The van der Waals surface area contributed by atoms with Crippen LogP contribution in [0.2, 0.25) is 0 Å². The van der Waals surface area contributed by atoms with E-state index < -0.39 is 0 Å². The van der Waals surface area contributed by atoms with Gasteiger partial charge in [0, 0.05) is 7.11 Å². The van der Waals surface area contributed by atoms with Crippen molar-refractivity contribution in [2.24, 2.45) is 11.3 Å². The van der Waals surface area contributed by atoms with Crippen molar-refractivity contribution >= 4 is 0 Å². The number of hydrogen-bond donors (Lipinski definition) is 0. The van der Waals surface area contributed by atoms with Crippen LogP contribution in [0.3, 0.4) is 0 Å². The summed E-state index contributed by atoms with van der Waals surface area (Å²) in [5.41, 5.74) is 3.36. The molecule has 1 atom stereocenters. The van der Waals surface area contributed by atoms with Crippen LogP contribution < -0.4 is 0 Å². The molecule has 1 aliphatic rings. The van der Waals surface area contributed by atoms with E-state index >= 15 is 0 Å². The first-order valence-corrected chi connectivity index (χ1v) is 6.36. The van der Waals surface area contributed by atoms with Crippen molar-refractivity contribution in [2.75, 3.05) is 13.7 Å². The minimum absolute atomic E-state index is 0.377. The number of ether oxygens (including phenoxy) is 1. The lowest BCUT2D eigenvalue weighted by Gasteiger charge is -2.29. The summed E-state index contributed by atoms with van der Waals surface area (Å²) in [5.74, 6) is 0.769. The minimum Gasteiger partial charge on any atom is -0.380 e. The van der Waals surface area contributed by atoms with Crippen LogP contribution in [0.5, 0.6) is 0 Å². The molecule has 0 saturated carbocycles. The van der Waals surface area contributed by atoms with Gasteiger partial charge < -0.3 is 4.74 Å². The van der Waals surface area contributed by atoms with Gasteiger partial charge in [0.25, 0.3) is 0 Å². The summed E-state index contributed by atoms with van der Waals surface area (Å²) in [6.07, 6.45) is 8.32. The Morgan fingerprint density at radius 3 is 2.69 bits per heavy atom. The van der Waals surface area contributed by atoms with E-state index in [-0.39, 0.29) is 0 Å². The molecule has 1 nitrogen and oxygen atoms in total. The third-order valence-corrected chi connectivity index (χ3v) is 4.22. The SMILES string of the molecule is CC/C(=C\C[C@@H]1CC=C(C)C1(C)C)COC. The molecule has 92 valence electrons. The zero-order chi connectivity index (χ0) is 12.2. The second kappa shape index (κ2) is 5.67. The van der Waals surface area contributed by atoms with Gasteiger partial charge in [-0.05, 0) is 43.1 Å². The molecule has 1 heteroatoms. The fourth-order valence-electron chi connectivity index (χ4n) is 2.39. The first-order valence-electron chi connectivity index (χ1n) is 6.36. The van der Waals surface area contributed by atoms with Crippen LogP contribution >= 0.6 is 0 Å². The molecule has 0 aromatic rings. The van der Waals surface area contributed by atoms with Gasteiger partial charge in [0.05, 0.1) is 6.61 Å². The maximum absolute atomic E-state index is 5.20. The molecule has 0 spiro atoms. The molecule has 1 rings (SSSR count). The standard InChI is InChI=1S/C15H26O/c1-6-13(11-16-5)8-10-14-9-7-12(2)15(14,3)4/h7-8,14H,6,9-11H2,1-5H3/b13-8+/t14-/m0/s1. The van der Waals surface area contributed by atoms with Crippen molar-refractivity contribution in [1.82, 2.24) is 0 Å². The average Bonchev–Trinajstić information content (AvgIpc) is 2.50. The molecule has 16 heavy (non-hydrogen) atoms. The topological polar surface area (TPSA) is 9.23 Å². The van der Waals surface area contributed by atoms with Crippen LogP contribution in [0.4, 0.5) is 0 Å². The zero-order valence-electron chi connectivity index (χ0n) is 11.5. The molecule has 0 bridgehead atoms. The maximum atomic E-state index is 5.20. The Morgan fingerprint density at radius 2 is 2.25 bits per heavy atom. The highest BCUT2D eigenvalue weighted by molar-refractivity contribution is 5.19. The molecule has 0 amide bonds. The predicted molar refractivity (Wildman–Crippen MR) is 70.5 cm³/mol. The summed E-state index contributed by atoms with van der Waals surface area (Å²) >= 11 is 0. The fraction of sp³-hybridized carbons (Fsp3) is 0.733. The third kappa shape index (κ3) is 2.98. The van der Waals surface area contributed by atoms with E-state index in [9.17, 15) is 0 Å². The second-order valence-corrected chi connectivity index (χ2v) is 5.43. The van der Waals surface area contributed by atoms with E-state index in [1.807, 2.05) is 0 Å². The molecule has 0 aromatic carbocycles. The van der Waals surface area contributed by atoms with E-state index in [2.05, 4.69) is 39.8 Å². The Balaban J connectivity index is 2.56. The summed E-state index contributed by atoms with van der Waals surface area (Å²) < 4.78 is 5.20. The Hall–Kier alpha value is -0.560. The van der Waals surface area contributed by atoms with Crippen molar-refractivity contribution in [1.29, 1.82) is 0 Å². The van der Waals surface area contributed by atoms with Crippen molar-refractivity contribution in [3.8, 4) is 0 Å². The normalized spacial score (nSPS) is 24.7. The van der Waals surface area contributed by atoms with Crippen LogP contribution in [0, 0.1) is 11.3 Å². The van der Waals surface area contributed by atoms with E-state index in [1.54, 1.807) is 12.7 Å². The average molecular weight is 222 g/mol. The molecule has 0 unspecified atom stereocenters. The van der Waals surface area contributed by atoms with Gasteiger partial charge >= 0.3 is 0 Å². The molecule has 0 fully saturated rings. The highest BCUT2D eigenvalue weighted by Crippen LogP contribution is 2.44. The molecular weight excluding hydrogens is 196 g/mol. The van der Waals surface area contributed by atoms with Gasteiger partial charge in [-0.1, -0.05) is 38.5 Å². The van der Waals surface area contributed by atoms with Gasteiger partial charge in [0.1, 0.15) is 0 Å². The van der Waals surface area contributed by atoms with Crippen molar-refractivity contribution < 1.29 is 4.74 Å². The Kier molecular flexibility index (Phi) is 4.79. The molecule has 0 heterocycles. The third-order valence-electron chi connectivity index (χ3n) is 4.22. The van der Waals surface area contributed by atoms with Gasteiger partial charge in [0.15, 0.2) is 0 Å². The first kappa shape index (κ1) is 13.5. The van der Waals surface area contributed by atoms with Gasteiger partial charge in [-0.3, -0.25) is 0 Å². The van der Waals surface area contributed by atoms with Crippen LogP contribution in [-0.2, 0) is 4.74 Å². The minimum atomic E-state index is 0.377.